The van der Waals surface area contributed by atoms with Gasteiger partial charge in [0.15, 0.2) is 0 Å². The van der Waals surface area contributed by atoms with E-state index in [9.17, 15) is 8.78 Å². The molecule has 0 spiro atoms. The van der Waals surface area contributed by atoms with Crippen LogP contribution in [0.2, 0.25) is 0 Å². The molecule has 0 bridgehead atoms. The average Bonchev–Trinajstić information content (AvgIpc) is 2.01. The van der Waals surface area contributed by atoms with E-state index in [2.05, 4.69) is 0 Å². The summed E-state index contributed by atoms with van der Waals surface area (Å²) in [5.41, 5.74) is 0. The number of halogens is 2. The first-order valence-corrected chi connectivity index (χ1v) is 5.13. The van der Waals surface area contributed by atoms with Crippen molar-refractivity contribution in [3.63, 3.8) is 0 Å². The highest BCUT2D eigenvalue weighted by Gasteiger charge is 2.45. The summed E-state index contributed by atoms with van der Waals surface area (Å²) < 4.78 is 27.3. The third kappa shape index (κ3) is 2.42. The van der Waals surface area contributed by atoms with Crippen LogP contribution in [0.1, 0.15) is 20.3 Å². The lowest BCUT2D eigenvalue weighted by Crippen LogP contribution is -2.57. The fourth-order valence-electron chi connectivity index (χ4n) is 2.03. The zero-order valence-electron chi connectivity index (χ0n) is 9.43. The van der Waals surface area contributed by atoms with Crippen molar-refractivity contribution < 1.29 is 8.78 Å². The molecule has 0 N–H and O–H groups in total. The first kappa shape index (κ1) is 11.9. The van der Waals surface area contributed by atoms with Gasteiger partial charge >= 0.3 is 0 Å². The molecule has 0 aromatic heterocycles. The largest absolute Gasteiger partial charge is 0.301 e. The third-order valence-corrected chi connectivity index (χ3v) is 2.94. The molecule has 1 fully saturated rings. The highest BCUT2D eigenvalue weighted by Crippen LogP contribution is 2.30. The smallest absolute Gasteiger partial charge is 0.275 e. The number of piperidine rings is 1. The Morgan fingerprint density at radius 1 is 1.36 bits per heavy atom. The number of rotatable bonds is 2. The molecule has 0 aromatic rings. The normalized spacial score (nSPS) is 28.7. The van der Waals surface area contributed by atoms with Crippen LogP contribution in [-0.4, -0.2) is 55.0 Å². The van der Waals surface area contributed by atoms with Crippen molar-refractivity contribution in [3.8, 4) is 0 Å². The van der Waals surface area contributed by atoms with Crippen LogP contribution in [-0.2, 0) is 0 Å². The SMILES string of the molecule is CC(C)N1CCC(N(C)C)C(F)(F)C1. The molecule has 1 unspecified atom stereocenters. The van der Waals surface area contributed by atoms with E-state index in [1.54, 1.807) is 19.0 Å². The molecule has 0 amide bonds. The van der Waals surface area contributed by atoms with E-state index >= 15 is 0 Å². The number of alkyl halides is 2. The fourth-order valence-corrected chi connectivity index (χ4v) is 2.03. The Balaban J connectivity index is 2.65. The van der Waals surface area contributed by atoms with Crippen LogP contribution in [0, 0.1) is 0 Å². The Morgan fingerprint density at radius 3 is 2.29 bits per heavy atom. The average molecular weight is 206 g/mol. The van der Waals surface area contributed by atoms with Gasteiger partial charge in [-0.15, -0.1) is 0 Å². The maximum atomic E-state index is 13.6. The second-order valence-corrected chi connectivity index (χ2v) is 4.59. The van der Waals surface area contributed by atoms with Gasteiger partial charge in [-0.25, -0.2) is 8.78 Å². The van der Waals surface area contributed by atoms with E-state index in [4.69, 9.17) is 0 Å². The van der Waals surface area contributed by atoms with Crippen molar-refractivity contribution >= 4 is 0 Å². The number of likely N-dealkylation sites (tertiary alicyclic amines) is 1. The Kier molecular flexibility index (Phi) is 3.48. The van der Waals surface area contributed by atoms with Gasteiger partial charge in [0.25, 0.3) is 5.92 Å². The summed E-state index contributed by atoms with van der Waals surface area (Å²) in [5.74, 6) is -2.58. The zero-order valence-corrected chi connectivity index (χ0v) is 9.43. The summed E-state index contributed by atoms with van der Waals surface area (Å²) in [6.07, 6.45) is 0.554. The molecule has 84 valence electrons. The van der Waals surface area contributed by atoms with E-state index in [-0.39, 0.29) is 12.6 Å². The summed E-state index contributed by atoms with van der Waals surface area (Å²) in [6.45, 7) is 4.60. The summed E-state index contributed by atoms with van der Waals surface area (Å²) in [4.78, 5) is 3.48. The molecule has 1 rings (SSSR count). The van der Waals surface area contributed by atoms with Gasteiger partial charge in [-0.05, 0) is 34.4 Å². The Hall–Kier alpha value is -0.220. The molecule has 0 aliphatic carbocycles. The molecule has 1 atom stereocenters. The van der Waals surface area contributed by atoms with Gasteiger partial charge in [-0.2, -0.15) is 0 Å². The molecule has 0 saturated carbocycles. The minimum atomic E-state index is -2.58. The van der Waals surface area contributed by atoms with E-state index in [0.29, 0.717) is 6.42 Å². The standard InChI is InChI=1S/C10H20F2N2/c1-8(2)14-6-5-9(13(3)4)10(11,12)7-14/h8-9H,5-7H2,1-4H3. The molecule has 1 heterocycles. The maximum absolute atomic E-state index is 13.6. The van der Waals surface area contributed by atoms with Gasteiger partial charge < -0.3 is 4.90 Å². The van der Waals surface area contributed by atoms with Gasteiger partial charge in [-0.3, -0.25) is 4.90 Å². The summed E-state index contributed by atoms with van der Waals surface area (Å²) in [5, 5.41) is 0. The van der Waals surface area contributed by atoms with Gasteiger partial charge in [0.2, 0.25) is 0 Å². The highest BCUT2D eigenvalue weighted by molar-refractivity contribution is 4.92. The van der Waals surface area contributed by atoms with Gasteiger partial charge in [0.05, 0.1) is 12.6 Å². The van der Waals surface area contributed by atoms with E-state index in [1.165, 1.54) is 0 Å². The van der Waals surface area contributed by atoms with Crippen molar-refractivity contribution in [2.45, 2.75) is 38.3 Å². The third-order valence-electron chi connectivity index (χ3n) is 2.94. The van der Waals surface area contributed by atoms with Crippen molar-refractivity contribution in [3.05, 3.63) is 0 Å². The van der Waals surface area contributed by atoms with E-state index in [0.717, 1.165) is 6.54 Å². The molecule has 1 aliphatic heterocycles. The van der Waals surface area contributed by atoms with E-state index < -0.39 is 12.0 Å². The quantitative estimate of drug-likeness (QED) is 0.678. The van der Waals surface area contributed by atoms with Crippen LogP contribution in [0.25, 0.3) is 0 Å². The van der Waals surface area contributed by atoms with Crippen molar-refractivity contribution in [2.75, 3.05) is 27.2 Å². The highest BCUT2D eigenvalue weighted by atomic mass is 19.3. The molecule has 0 aromatic carbocycles. The second-order valence-electron chi connectivity index (χ2n) is 4.59. The minimum Gasteiger partial charge on any atom is -0.301 e. The van der Waals surface area contributed by atoms with Crippen LogP contribution in [0.3, 0.4) is 0 Å². The number of nitrogens with zero attached hydrogens (tertiary/aromatic N) is 2. The molecule has 0 radical (unpaired) electrons. The predicted octanol–water partition coefficient (Wildman–Crippen LogP) is 1.67. The summed E-state index contributed by atoms with van der Waals surface area (Å²) >= 11 is 0. The second kappa shape index (κ2) is 4.11. The van der Waals surface area contributed by atoms with Crippen LogP contribution < -0.4 is 0 Å². The summed E-state index contributed by atoms with van der Waals surface area (Å²) in [6, 6.07) is -0.388. The first-order valence-electron chi connectivity index (χ1n) is 5.13. The first-order chi connectivity index (χ1) is 6.34. The lowest BCUT2D eigenvalue weighted by molar-refractivity contribution is -0.122. The molecule has 1 aliphatic rings. The van der Waals surface area contributed by atoms with Crippen molar-refractivity contribution in [1.29, 1.82) is 0 Å². The fraction of sp³-hybridized carbons (Fsp3) is 1.00. The predicted molar refractivity (Wildman–Crippen MR) is 53.7 cm³/mol. The van der Waals surface area contributed by atoms with Gasteiger partial charge in [-0.1, -0.05) is 0 Å². The maximum Gasteiger partial charge on any atom is 0.275 e. The zero-order chi connectivity index (χ0) is 10.9. The minimum absolute atomic E-state index is 0.104. The van der Waals surface area contributed by atoms with Crippen LogP contribution >= 0.6 is 0 Å². The van der Waals surface area contributed by atoms with Gasteiger partial charge in [0.1, 0.15) is 0 Å². The molecular weight excluding hydrogens is 186 g/mol. The van der Waals surface area contributed by atoms with E-state index in [1.807, 2.05) is 18.7 Å². The number of hydrogen-bond acceptors (Lipinski definition) is 2. The molecular formula is C10H20F2N2. The van der Waals surface area contributed by atoms with Crippen molar-refractivity contribution in [1.82, 2.24) is 9.80 Å². The lowest BCUT2D eigenvalue weighted by atomic mass is 9.99. The van der Waals surface area contributed by atoms with Crippen LogP contribution in [0.5, 0.6) is 0 Å². The molecule has 2 nitrogen and oxygen atoms in total. The van der Waals surface area contributed by atoms with Crippen LogP contribution in [0.15, 0.2) is 0 Å². The van der Waals surface area contributed by atoms with Gasteiger partial charge in [0, 0.05) is 12.6 Å². The topological polar surface area (TPSA) is 6.48 Å². The Labute approximate surface area is 84.9 Å². The molecule has 4 heteroatoms. The lowest BCUT2D eigenvalue weighted by Gasteiger charge is -2.42. The Morgan fingerprint density at radius 2 is 1.93 bits per heavy atom. The molecule has 1 saturated heterocycles. The monoisotopic (exact) mass is 206 g/mol. The number of hydrogen-bond donors (Lipinski definition) is 0. The van der Waals surface area contributed by atoms with Crippen molar-refractivity contribution in [2.24, 2.45) is 0 Å². The Bertz CT molecular complexity index is 193. The molecule has 14 heavy (non-hydrogen) atoms. The summed E-state index contributed by atoms with van der Waals surface area (Å²) in [7, 11) is 3.45. The van der Waals surface area contributed by atoms with Crippen LogP contribution in [0.4, 0.5) is 8.78 Å².